The van der Waals surface area contributed by atoms with E-state index in [9.17, 15) is 13.2 Å². The SMILES string of the molecule is CN(C)C(=O)c1cc(S(=O)(=O)Cl)cn1C1CCCC1. The van der Waals surface area contributed by atoms with Crippen LogP contribution in [-0.4, -0.2) is 37.9 Å². The van der Waals surface area contributed by atoms with Gasteiger partial charge in [0.2, 0.25) is 0 Å². The quantitative estimate of drug-likeness (QED) is 0.805. The Morgan fingerprint density at radius 2 is 1.95 bits per heavy atom. The molecule has 1 saturated carbocycles. The molecule has 0 spiro atoms. The molecule has 5 nitrogen and oxygen atoms in total. The van der Waals surface area contributed by atoms with Crippen molar-refractivity contribution in [3.63, 3.8) is 0 Å². The van der Waals surface area contributed by atoms with Crippen molar-refractivity contribution in [3.8, 4) is 0 Å². The smallest absolute Gasteiger partial charge is 0.270 e. The first kappa shape index (κ1) is 14.4. The van der Waals surface area contributed by atoms with Crippen molar-refractivity contribution >= 4 is 25.6 Å². The Bertz CT molecular complexity index is 586. The number of carbonyl (C=O) groups excluding carboxylic acids is 1. The lowest BCUT2D eigenvalue weighted by molar-refractivity contribution is 0.0815. The first-order valence-electron chi connectivity index (χ1n) is 6.19. The summed E-state index contributed by atoms with van der Waals surface area (Å²) >= 11 is 0. The number of halogens is 1. The van der Waals surface area contributed by atoms with E-state index >= 15 is 0 Å². The first-order valence-corrected chi connectivity index (χ1v) is 8.50. The maximum absolute atomic E-state index is 12.1. The van der Waals surface area contributed by atoms with Crippen LogP contribution in [0.25, 0.3) is 0 Å². The highest BCUT2D eigenvalue weighted by Crippen LogP contribution is 2.33. The molecule has 0 bridgehead atoms. The number of hydrogen-bond acceptors (Lipinski definition) is 3. The first-order chi connectivity index (χ1) is 8.80. The number of hydrogen-bond donors (Lipinski definition) is 0. The molecule has 1 aromatic heterocycles. The number of carbonyl (C=O) groups is 1. The van der Waals surface area contributed by atoms with Gasteiger partial charge in [-0.15, -0.1) is 0 Å². The van der Waals surface area contributed by atoms with Crippen molar-refractivity contribution in [2.24, 2.45) is 0 Å². The minimum Gasteiger partial charge on any atom is -0.343 e. The minimum atomic E-state index is -3.81. The van der Waals surface area contributed by atoms with E-state index in [-0.39, 0.29) is 16.8 Å². The summed E-state index contributed by atoms with van der Waals surface area (Å²) in [6.45, 7) is 0. The lowest BCUT2D eigenvalue weighted by atomic mass is 10.2. The monoisotopic (exact) mass is 304 g/mol. The molecule has 0 aliphatic heterocycles. The van der Waals surface area contributed by atoms with Crippen molar-refractivity contribution in [1.29, 1.82) is 0 Å². The van der Waals surface area contributed by atoms with E-state index in [1.165, 1.54) is 17.2 Å². The fourth-order valence-corrected chi connectivity index (χ4v) is 3.22. The molecule has 1 heterocycles. The van der Waals surface area contributed by atoms with Gasteiger partial charge < -0.3 is 9.47 Å². The van der Waals surface area contributed by atoms with Crippen LogP contribution in [0.2, 0.25) is 0 Å². The third-order valence-electron chi connectivity index (χ3n) is 3.45. The van der Waals surface area contributed by atoms with Crippen molar-refractivity contribution in [3.05, 3.63) is 18.0 Å². The van der Waals surface area contributed by atoms with E-state index in [0.717, 1.165) is 25.7 Å². The molecule has 2 rings (SSSR count). The van der Waals surface area contributed by atoms with Crippen LogP contribution in [-0.2, 0) is 9.05 Å². The second-order valence-corrected chi connectivity index (χ2v) is 7.61. The largest absolute Gasteiger partial charge is 0.343 e. The van der Waals surface area contributed by atoms with Gasteiger partial charge in [0, 0.05) is 37.0 Å². The molecule has 1 amide bonds. The number of aromatic nitrogens is 1. The lowest BCUT2D eigenvalue weighted by Gasteiger charge is -2.17. The van der Waals surface area contributed by atoms with Gasteiger partial charge in [0.25, 0.3) is 15.0 Å². The van der Waals surface area contributed by atoms with Gasteiger partial charge in [-0.3, -0.25) is 4.79 Å². The summed E-state index contributed by atoms with van der Waals surface area (Å²) in [6, 6.07) is 1.55. The van der Waals surface area contributed by atoms with Gasteiger partial charge in [0.05, 0.1) is 0 Å². The van der Waals surface area contributed by atoms with Crippen molar-refractivity contribution in [2.45, 2.75) is 36.6 Å². The summed E-state index contributed by atoms with van der Waals surface area (Å²) in [4.78, 5) is 13.6. The van der Waals surface area contributed by atoms with Gasteiger partial charge in [-0.1, -0.05) is 12.8 Å². The van der Waals surface area contributed by atoms with E-state index in [1.807, 2.05) is 0 Å². The molecule has 1 fully saturated rings. The van der Waals surface area contributed by atoms with Crippen LogP contribution in [0.15, 0.2) is 17.2 Å². The fourth-order valence-electron chi connectivity index (χ4n) is 2.47. The summed E-state index contributed by atoms with van der Waals surface area (Å²) in [5.74, 6) is -0.210. The molecule has 0 radical (unpaired) electrons. The molecule has 0 atom stereocenters. The zero-order chi connectivity index (χ0) is 14.2. The number of nitrogens with zero attached hydrogens (tertiary/aromatic N) is 2. The van der Waals surface area contributed by atoms with Crippen LogP contribution in [0.5, 0.6) is 0 Å². The van der Waals surface area contributed by atoms with Crippen LogP contribution in [0.1, 0.15) is 42.2 Å². The molecule has 7 heteroatoms. The molecule has 0 N–H and O–H groups in total. The molecular formula is C12H17ClN2O3S. The Morgan fingerprint density at radius 3 is 2.42 bits per heavy atom. The molecule has 1 aliphatic rings. The Morgan fingerprint density at radius 1 is 1.37 bits per heavy atom. The summed E-state index contributed by atoms with van der Waals surface area (Å²) in [5, 5.41) is 0. The third-order valence-corrected chi connectivity index (χ3v) is 4.77. The van der Waals surface area contributed by atoms with Crippen molar-refractivity contribution in [2.75, 3.05) is 14.1 Å². The summed E-state index contributed by atoms with van der Waals surface area (Å²) in [6.07, 6.45) is 5.60. The van der Waals surface area contributed by atoms with Crippen LogP contribution < -0.4 is 0 Å². The van der Waals surface area contributed by atoms with Gasteiger partial charge in [-0.2, -0.15) is 0 Å². The van der Waals surface area contributed by atoms with Gasteiger partial charge in [0.15, 0.2) is 0 Å². The normalized spacial score (nSPS) is 16.8. The zero-order valence-corrected chi connectivity index (χ0v) is 12.5. The average molecular weight is 305 g/mol. The minimum absolute atomic E-state index is 0.00809. The highest BCUT2D eigenvalue weighted by Gasteiger charge is 2.26. The van der Waals surface area contributed by atoms with E-state index in [1.54, 1.807) is 18.7 Å². The average Bonchev–Trinajstić information content (AvgIpc) is 2.95. The van der Waals surface area contributed by atoms with Crippen LogP contribution in [0, 0.1) is 0 Å². The maximum atomic E-state index is 12.1. The number of rotatable bonds is 3. The summed E-state index contributed by atoms with van der Waals surface area (Å²) in [5.41, 5.74) is 0.385. The second kappa shape index (κ2) is 5.17. The van der Waals surface area contributed by atoms with Crippen LogP contribution in [0.3, 0.4) is 0 Å². The van der Waals surface area contributed by atoms with E-state index < -0.39 is 9.05 Å². The van der Waals surface area contributed by atoms with Crippen molar-refractivity contribution < 1.29 is 13.2 Å². The Balaban J connectivity index is 2.49. The Labute approximate surface area is 117 Å². The highest BCUT2D eigenvalue weighted by molar-refractivity contribution is 8.13. The zero-order valence-electron chi connectivity index (χ0n) is 11.0. The molecule has 0 aromatic carbocycles. The van der Waals surface area contributed by atoms with Crippen LogP contribution >= 0.6 is 10.7 Å². The molecular weight excluding hydrogens is 288 g/mol. The number of amides is 1. The van der Waals surface area contributed by atoms with E-state index in [4.69, 9.17) is 10.7 Å². The predicted molar refractivity (Wildman–Crippen MR) is 73.0 cm³/mol. The lowest BCUT2D eigenvalue weighted by Crippen LogP contribution is -2.25. The summed E-state index contributed by atoms with van der Waals surface area (Å²) < 4.78 is 24.6. The van der Waals surface area contributed by atoms with E-state index in [2.05, 4.69) is 0 Å². The Kier molecular flexibility index (Phi) is 3.92. The van der Waals surface area contributed by atoms with Gasteiger partial charge in [0.1, 0.15) is 10.6 Å². The van der Waals surface area contributed by atoms with Crippen molar-refractivity contribution in [1.82, 2.24) is 9.47 Å². The third kappa shape index (κ3) is 2.95. The second-order valence-electron chi connectivity index (χ2n) is 5.04. The summed E-state index contributed by atoms with van der Waals surface area (Å²) in [7, 11) is 4.84. The standard InChI is InChI=1S/C12H17ClN2O3S/c1-14(2)12(16)11-7-10(19(13,17)18)8-15(11)9-5-3-4-6-9/h7-9H,3-6H2,1-2H3. The van der Waals surface area contributed by atoms with Crippen LogP contribution in [0.4, 0.5) is 0 Å². The van der Waals surface area contributed by atoms with Gasteiger partial charge in [-0.05, 0) is 18.9 Å². The molecule has 19 heavy (non-hydrogen) atoms. The molecule has 106 valence electrons. The Hall–Kier alpha value is -1.01. The predicted octanol–water partition coefficient (Wildman–Crippen LogP) is 2.23. The van der Waals surface area contributed by atoms with Gasteiger partial charge >= 0.3 is 0 Å². The highest BCUT2D eigenvalue weighted by atomic mass is 35.7. The fraction of sp³-hybridized carbons (Fsp3) is 0.583. The molecule has 1 aromatic rings. The molecule has 0 saturated heterocycles. The van der Waals surface area contributed by atoms with Gasteiger partial charge in [-0.25, -0.2) is 8.42 Å². The molecule has 0 unspecified atom stereocenters. The maximum Gasteiger partial charge on any atom is 0.270 e. The molecule has 1 aliphatic carbocycles. The van der Waals surface area contributed by atoms with E-state index in [0.29, 0.717) is 5.69 Å². The topological polar surface area (TPSA) is 59.4 Å².